The van der Waals surface area contributed by atoms with Crippen LogP contribution in [0.1, 0.15) is 23.1 Å². The molecule has 31 heavy (non-hydrogen) atoms. The van der Waals surface area contributed by atoms with Crippen molar-refractivity contribution in [3.05, 3.63) is 75.3 Å². The van der Waals surface area contributed by atoms with Crippen molar-refractivity contribution in [3.8, 4) is 0 Å². The molecule has 10 heteroatoms. The molecule has 1 amide bonds. The van der Waals surface area contributed by atoms with Crippen LogP contribution in [-0.2, 0) is 26.9 Å². The van der Waals surface area contributed by atoms with Gasteiger partial charge in [-0.2, -0.15) is 13.2 Å². The SMILES string of the molecule is O=C(/C=C/c1cccc(C(F)(F)F)c1)OCC(=O)N1CCCc2cc([N+](=O)[O-])ccc21. The Morgan fingerprint density at radius 3 is 2.68 bits per heavy atom. The van der Waals surface area contributed by atoms with Crippen LogP contribution >= 0.6 is 0 Å². The standard InChI is InChI=1S/C21H17F3N2O5/c22-21(23,24)16-5-1-3-14(11-16)6-9-20(28)31-13-19(27)25-10-2-4-15-12-17(26(29)30)7-8-18(15)25/h1,3,5-9,11-12H,2,4,10,13H2/b9-6+. The molecule has 0 unspecified atom stereocenters. The average molecular weight is 434 g/mol. The minimum absolute atomic E-state index is 0.0702. The minimum Gasteiger partial charge on any atom is -0.452 e. The Bertz CT molecular complexity index is 1050. The summed E-state index contributed by atoms with van der Waals surface area (Å²) >= 11 is 0. The fourth-order valence-corrected chi connectivity index (χ4v) is 3.20. The van der Waals surface area contributed by atoms with Crippen molar-refractivity contribution in [2.45, 2.75) is 19.0 Å². The number of nitro groups is 1. The lowest BCUT2D eigenvalue weighted by molar-refractivity contribution is -0.384. The van der Waals surface area contributed by atoms with E-state index in [1.807, 2.05) is 0 Å². The van der Waals surface area contributed by atoms with Crippen molar-refractivity contribution >= 4 is 29.3 Å². The van der Waals surface area contributed by atoms with Gasteiger partial charge in [-0.25, -0.2) is 4.79 Å². The smallest absolute Gasteiger partial charge is 0.416 e. The van der Waals surface area contributed by atoms with Crippen molar-refractivity contribution in [1.29, 1.82) is 0 Å². The number of nitro benzene ring substituents is 1. The second-order valence-corrected chi connectivity index (χ2v) is 6.78. The lowest BCUT2D eigenvalue weighted by Crippen LogP contribution is -2.38. The van der Waals surface area contributed by atoms with Crippen LogP contribution in [-0.4, -0.2) is 30.0 Å². The summed E-state index contributed by atoms with van der Waals surface area (Å²) in [7, 11) is 0. The van der Waals surface area contributed by atoms with Crippen molar-refractivity contribution in [1.82, 2.24) is 0 Å². The van der Waals surface area contributed by atoms with Gasteiger partial charge in [-0.15, -0.1) is 0 Å². The second-order valence-electron chi connectivity index (χ2n) is 6.78. The number of hydrogen-bond donors (Lipinski definition) is 0. The molecule has 0 radical (unpaired) electrons. The van der Waals surface area contributed by atoms with Gasteiger partial charge in [-0.1, -0.05) is 12.1 Å². The van der Waals surface area contributed by atoms with Gasteiger partial charge in [0.25, 0.3) is 11.6 Å². The summed E-state index contributed by atoms with van der Waals surface area (Å²) < 4.78 is 43.1. The molecule has 2 aromatic carbocycles. The largest absolute Gasteiger partial charge is 0.452 e. The maximum absolute atomic E-state index is 12.7. The zero-order valence-electron chi connectivity index (χ0n) is 16.1. The summed E-state index contributed by atoms with van der Waals surface area (Å²) in [6.45, 7) is -0.191. The molecule has 0 spiro atoms. The summed E-state index contributed by atoms with van der Waals surface area (Å²) in [6.07, 6.45) is -1.21. The molecule has 1 aliphatic rings. The van der Waals surface area contributed by atoms with Crippen LogP contribution in [0.2, 0.25) is 0 Å². The first-order valence-electron chi connectivity index (χ1n) is 9.25. The highest BCUT2D eigenvalue weighted by Crippen LogP contribution is 2.31. The maximum Gasteiger partial charge on any atom is 0.416 e. The van der Waals surface area contributed by atoms with E-state index < -0.39 is 35.1 Å². The van der Waals surface area contributed by atoms with Gasteiger partial charge in [0.05, 0.1) is 10.5 Å². The number of alkyl halides is 3. The van der Waals surface area contributed by atoms with Crippen LogP contribution in [0.5, 0.6) is 0 Å². The zero-order chi connectivity index (χ0) is 22.6. The Balaban J connectivity index is 1.61. The van der Waals surface area contributed by atoms with E-state index in [2.05, 4.69) is 0 Å². The van der Waals surface area contributed by atoms with Gasteiger partial charge in [0.1, 0.15) is 0 Å². The number of halogens is 3. The van der Waals surface area contributed by atoms with E-state index in [-0.39, 0.29) is 11.3 Å². The van der Waals surface area contributed by atoms with Crippen LogP contribution in [0, 0.1) is 10.1 Å². The number of esters is 1. The molecule has 0 bridgehead atoms. The molecule has 0 atom stereocenters. The number of rotatable bonds is 5. The number of amides is 1. The van der Waals surface area contributed by atoms with E-state index >= 15 is 0 Å². The number of non-ortho nitro benzene ring substituents is 1. The predicted octanol–water partition coefficient (Wildman–Crippen LogP) is 4.15. The third-order valence-corrected chi connectivity index (χ3v) is 4.66. The number of anilines is 1. The van der Waals surface area contributed by atoms with E-state index in [0.717, 1.165) is 24.3 Å². The molecule has 3 rings (SSSR count). The Hall–Kier alpha value is -3.69. The molecule has 162 valence electrons. The Labute approximate surface area is 174 Å². The first-order valence-corrected chi connectivity index (χ1v) is 9.25. The Morgan fingerprint density at radius 2 is 1.97 bits per heavy atom. The summed E-state index contributed by atoms with van der Waals surface area (Å²) in [5.41, 5.74) is 0.424. The van der Waals surface area contributed by atoms with E-state index in [4.69, 9.17) is 4.74 Å². The molecule has 0 saturated carbocycles. The van der Waals surface area contributed by atoms with Crippen molar-refractivity contribution in [2.24, 2.45) is 0 Å². The topological polar surface area (TPSA) is 89.8 Å². The predicted molar refractivity (Wildman–Crippen MR) is 105 cm³/mol. The second kappa shape index (κ2) is 8.99. The lowest BCUT2D eigenvalue weighted by Gasteiger charge is -2.29. The average Bonchev–Trinajstić information content (AvgIpc) is 2.74. The summed E-state index contributed by atoms with van der Waals surface area (Å²) in [5.74, 6) is -1.39. The number of benzene rings is 2. The number of hydrogen-bond acceptors (Lipinski definition) is 5. The number of carbonyl (C=O) groups excluding carboxylic acids is 2. The van der Waals surface area contributed by atoms with Gasteiger partial charge in [-0.05, 0) is 48.2 Å². The summed E-state index contributed by atoms with van der Waals surface area (Å²) in [6, 6.07) is 8.62. The van der Waals surface area contributed by atoms with Crippen LogP contribution < -0.4 is 4.90 Å². The fraction of sp³-hybridized carbons (Fsp3) is 0.238. The van der Waals surface area contributed by atoms with Gasteiger partial charge >= 0.3 is 12.1 Å². The molecule has 0 aliphatic carbocycles. The van der Waals surface area contributed by atoms with Gasteiger partial charge in [-0.3, -0.25) is 14.9 Å². The summed E-state index contributed by atoms with van der Waals surface area (Å²) in [5, 5.41) is 10.9. The molecule has 0 aromatic heterocycles. The number of fused-ring (bicyclic) bond motifs is 1. The first kappa shape index (κ1) is 22.0. The maximum atomic E-state index is 12.7. The van der Waals surface area contributed by atoms with Gasteiger partial charge < -0.3 is 9.64 Å². The zero-order valence-corrected chi connectivity index (χ0v) is 16.1. The van der Waals surface area contributed by atoms with Crippen molar-refractivity contribution in [3.63, 3.8) is 0 Å². The van der Waals surface area contributed by atoms with Crippen LogP contribution in [0.15, 0.2) is 48.5 Å². The van der Waals surface area contributed by atoms with Gasteiger partial charge in [0, 0.05) is 30.4 Å². The third-order valence-electron chi connectivity index (χ3n) is 4.66. The lowest BCUT2D eigenvalue weighted by atomic mass is 10.0. The van der Waals surface area contributed by atoms with Gasteiger partial charge in [0.2, 0.25) is 0 Å². The quantitative estimate of drug-likeness (QED) is 0.305. The van der Waals surface area contributed by atoms with E-state index in [9.17, 15) is 32.9 Å². The van der Waals surface area contributed by atoms with E-state index in [0.29, 0.717) is 30.6 Å². The van der Waals surface area contributed by atoms with Crippen LogP contribution in [0.25, 0.3) is 6.08 Å². The molecular weight excluding hydrogens is 417 g/mol. The Morgan fingerprint density at radius 1 is 1.19 bits per heavy atom. The highest BCUT2D eigenvalue weighted by molar-refractivity contribution is 5.97. The van der Waals surface area contributed by atoms with Gasteiger partial charge in [0.15, 0.2) is 6.61 Å². The highest BCUT2D eigenvalue weighted by atomic mass is 19.4. The summed E-state index contributed by atoms with van der Waals surface area (Å²) in [4.78, 5) is 36.2. The highest BCUT2D eigenvalue weighted by Gasteiger charge is 2.30. The Kier molecular flexibility index (Phi) is 6.38. The number of aryl methyl sites for hydroxylation is 1. The minimum atomic E-state index is -4.50. The van der Waals surface area contributed by atoms with Crippen molar-refractivity contribution < 1.29 is 32.4 Å². The fourth-order valence-electron chi connectivity index (χ4n) is 3.20. The molecular formula is C21H17F3N2O5. The molecule has 1 heterocycles. The first-order chi connectivity index (χ1) is 14.6. The number of nitrogens with zero attached hydrogens (tertiary/aromatic N) is 2. The third kappa shape index (κ3) is 5.47. The molecule has 7 nitrogen and oxygen atoms in total. The molecule has 0 saturated heterocycles. The monoisotopic (exact) mass is 434 g/mol. The molecule has 1 aliphatic heterocycles. The molecule has 0 N–H and O–H groups in total. The number of carbonyl (C=O) groups is 2. The van der Waals surface area contributed by atoms with Crippen LogP contribution in [0.3, 0.4) is 0 Å². The van der Waals surface area contributed by atoms with E-state index in [1.54, 1.807) is 0 Å². The normalized spacial score (nSPS) is 13.7. The van der Waals surface area contributed by atoms with E-state index in [1.165, 1.54) is 35.2 Å². The van der Waals surface area contributed by atoms with Crippen LogP contribution in [0.4, 0.5) is 24.5 Å². The molecule has 2 aromatic rings. The molecule has 0 fully saturated rings. The van der Waals surface area contributed by atoms with Crippen molar-refractivity contribution in [2.75, 3.05) is 18.1 Å². The number of ether oxygens (including phenoxy) is 1.